The van der Waals surface area contributed by atoms with Gasteiger partial charge in [0.05, 0.1) is 5.69 Å². The molecule has 1 aromatic carbocycles. The fourth-order valence-corrected chi connectivity index (χ4v) is 2.44. The molecule has 2 rings (SSSR count). The molecule has 1 nitrogen and oxygen atoms in total. The standard InChI is InChI=1S/C13H14FNS/c1-8(2)12-7-16-13(15-12)10-4-5-11(14)9(3)6-10/h4-8H,1-3H3. The van der Waals surface area contributed by atoms with Gasteiger partial charge in [0.2, 0.25) is 0 Å². The van der Waals surface area contributed by atoms with Gasteiger partial charge in [-0.05, 0) is 36.6 Å². The molecule has 16 heavy (non-hydrogen) atoms. The van der Waals surface area contributed by atoms with Gasteiger partial charge in [-0.15, -0.1) is 11.3 Å². The molecule has 0 unspecified atom stereocenters. The number of aromatic nitrogens is 1. The molecule has 0 aliphatic rings. The van der Waals surface area contributed by atoms with Gasteiger partial charge < -0.3 is 0 Å². The van der Waals surface area contributed by atoms with Crippen molar-refractivity contribution in [3.63, 3.8) is 0 Å². The second kappa shape index (κ2) is 4.34. The van der Waals surface area contributed by atoms with Gasteiger partial charge in [0.15, 0.2) is 0 Å². The van der Waals surface area contributed by atoms with Crippen LogP contribution in [0.1, 0.15) is 31.0 Å². The molecule has 1 aromatic heterocycles. The molecule has 0 aliphatic heterocycles. The maximum absolute atomic E-state index is 13.1. The van der Waals surface area contributed by atoms with E-state index in [9.17, 15) is 4.39 Å². The van der Waals surface area contributed by atoms with Crippen LogP contribution >= 0.6 is 11.3 Å². The molecule has 0 bridgehead atoms. The van der Waals surface area contributed by atoms with Crippen molar-refractivity contribution in [2.24, 2.45) is 0 Å². The van der Waals surface area contributed by atoms with E-state index >= 15 is 0 Å². The van der Waals surface area contributed by atoms with Crippen molar-refractivity contribution >= 4 is 11.3 Å². The molecular weight excluding hydrogens is 221 g/mol. The van der Waals surface area contributed by atoms with Gasteiger partial charge in [-0.3, -0.25) is 0 Å². The van der Waals surface area contributed by atoms with Crippen LogP contribution in [-0.2, 0) is 0 Å². The van der Waals surface area contributed by atoms with Crippen LogP contribution in [0.4, 0.5) is 4.39 Å². The molecule has 0 N–H and O–H groups in total. The Hall–Kier alpha value is -1.22. The Morgan fingerprint density at radius 1 is 1.31 bits per heavy atom. The zero-order chi connectivity index (χ0) is 11.7. The highest BCUT2D eigenvalue weighted by Crippen LogP contribution is 2.27. The predicted molar refractivity (Wildman–Crippen MR) is 66.3 cm³/mol. The van der Waals surface area contributed by atoms with E-state index < -0.39 is 0 Å². The van der Waals surface area contributed by atoms with E-state index in [1.54, 1.807) is 24.3 Å². The first-order chi connectivity index (χ1) is 7.58. The zero-order valence-corrected chi connectivity index (χ0v) is 10.4. The first-order valence-corrected chi connectivity index (χ1v) is 6.18. The third kappa shape index (κ3) is 2.14. The molecule has 0 radical (unpaired) electrons. The number of nitrogens with zero attached hydrogens (tertiary/aromatic N) is 1. The molecule has 2 aromatic rings. The molecule has 3 heteroatoms. The van der Waals surface area contributed by atoms with E-state index in [1.165, 1.54) is 6.07 Å². The summed E-state index contributed by atoms with van der Waals surface area (Å²) in [4.78, 5) is 4.55. The summed E-state index contributed by atoms with van der Waals surface area (Å²) in [5, 5.41) is 3.03. The summed E-state index contributed by atoms with van der Waals surface area (Å²) in [6.45, 7) is 6.01. The van der Waals surface area contributed by atoms with Gasteiger partial charge in [0.25, 0.3) is 0 Å². The fraction of sp³-hybridized carbons (Fsp3) is 0.308. The number of aryl methyl sites for hydroxylation is 1. The van der Waals surface area contributed by atoms with Crippen molar-refractivity contribution in [2.75, 3.05) is 0 Å². The number of hydrogen-bond donors (Lipinski definition) is 0. The third-order valence-electron chi connectivity index (χ3n) is 2.52. The Kier molecular flexibility index (Phi) is 3.06. The van der Waals surface area contributed by atoms with Gasteiger partial charge in [-0.2, -0.15) is 0 Å². The molecule has 0 saturated carbocycles. The first kappa shape index (κ1) is 11.3. The summed E-state index contributed by atoms with van der Waals surface area (Å²) >= 11 is 1.61. The number of thiazole rings is 1. The van der Waals surface area contributed by atoms with E-state index in [0.717, 1.165) is 16.3 Å². The van der Waals surface area contributed by atoms with E-state index in [4.69, 9.17) is 0 Å². The van der Waals surface area contributed by atoms with E-state index in [2.05, 4.69) is 24.2 Å². The Balaban J connectivity index is 2.39. The monoisotopic (exact) mass is 235 g/mol. The van der Waals surface area contributed by atoms with E-state index in [0.29, 0.717) is 11.5 Å². The topological polar surface area (TPSA) is 12.9 Å². The Morgan fingerprint density at radius 3 is 2.62 bits per heavy atom. The van der Waals surface area contributed by atoms with Crippen molar-refractivity contribution in [3.05, 3.63) is 40.7 Å². The lowest BCUT2D eigenvalue weighted by atomic mass is 10.1. The van der Waals surface area contributed by atoms with Gasteiger partial charge in [-0.25, -0.2) is 9.37 Å². The van der Waals surface area contributed by atoms with Crippen LogP contribution < -0.4 is 0 Å². The van der Waals surface area contributed by atoms with Gasteiger partial charge in [-0.1, -0.05) is 13.8 Å². The highest BCUT2D eigenvalue weighted by Gasteiger charge is 2.08. The summed E-state index contributed by atoms with van der Waals surface area (Å²) in [5.74, 6) is 0.274. The van der Waals surface area contributed by atoms with Crippen LogP contribution in [0, 0.1) is 12.7 Å². The molecule has 0 fully saturated rings. The maximum atomic E-state index is 13.1. The smallest absolute Gasteiger partial charge is 0.126 e. The van der Waals surface area contributed by atoms with Crippen molar-refractivity contribution < 1.29 is 4.39 Å². The molecule has 0 saturated heterocycles. The summed E-state index contributed by atoms with van der Waals surface area (Å²) in [6, 6.07) is 5.13. The molecule has 0 atom stereocenters. The van der Waals surface area contributed by atoms with Crippen LogP contribution in [0.2, 0.25) is 0 Å². The second-order valence-electron chi connectivity index (χ2n) is 4.20. The summed E-state index contributed by atoms with van der Waals surface area (Å²) in [5.41, 5.74) is 2.76. The van der Waals surface area contributed by atoms with Crippen LogP contribution in [0.3, 0.4) is 0 Å². The largest absolute Gasteiger partial charge is 0.241 e. The SMILES string of the molecule is Cc1cc(-c2nc(C(C)C)cs2)ccc1F. The van der Waals surface area contributed by atoms with Gasteiger partial charge >= 0.3 is 0 Å². The maximum Gasteiger partial charge on any atom is 0.126 e. The molecule has 84 valence electrons. The number of halogens is 1. The quantitative estimate of drug-likeness (QED) is 0.752. The van der Waals surface area contributed by atoms with Crippen molar-refractivity contribution in [1.29, 1.82) is 0 Å². The van der Waals surface area contributed by atoms with Gasteiger partial charge in [0.1, 0.15) is 10.8 Å². The number of benzene rings is 1. The van der Waals surface area contributed by atoms with Crippen molar-refractivity contribution in [1.82, 2.24) is 4.98 Å². The van der Waals surface area contributed by atoms with Crippen molar-refractivity contribution in [2.45, 2.75) is 26.7 Å². The lowest BCUT2D eigenvalue weighted by molar-refractivity contribution is 0.619. The normalized spacial score (nSPS) is 11.1. The minimum atomic E-state index is -0.163. The third-order valence-corrected chi connectivity index (χ3v) is 3.43. The highest BCUT2D eigenvalue weighted by atomic mass is 32.1. The predicted octanol–water partition coefficient (Wildman–Crippen LogP) is 4.38. The minimum absolute atomic E-state index is 0.163. The fourth-order valence-electron chi connectivity index (χ4n) is 1.46. The van der Waals surface area contributed by atoms with E-state index in [1.807, 2.05) is 6.07 Å². The van der Waals surface area contributed by atoms with Crippen LogP contribution in [0.15, 0.2) is 23.6 Å². The van der Waals surface area contributed by atoms with Crippen LogP contribution in [-0.4, -0.2) is 4.98 Å². The lowest BCUT2D eigenvalue weighted by Crippen LogP contribution is -1.88. The lowest BCUT2D eigenvalue weighted by Gasteiger charge is -2.00. The molecular formula is C13H14FNS. The second-order valence-corrected chi connectivity index (χ2v) is 5.05. The van der Waals surface area contributed by atoms with E-state index in [-0.39, 0.29) is 5.82 Å². The summed E-state index contributed by atoms with van der Waals surface area (Å²) < 4.78 is 13.1. The number of rotatable bonds is 2. The number of hydrogen-bond acceptors (Lipinski definition) is 2. The summed E-state index contributed by atoms with van der Waals surface area (Å²) in [7, 11) is 0. The van der Waals surface area contributed by atoms with Crippen molar-refractivity contribution in [3.8, 4) is 10.6 Å². The van der Waals surface area contributed by atoms with Gasteiger partial charge in [0, 0.05) is 10.9 Å². The Labute approximate surface area is 99.0 Å². The average molecular weight is 235 g/mol. The average Bonchev–Trinajstić information content (AvgIpc) is 2.71. The molecule has 0 aliphatic carbocycles. The summed E-state index contributed by atoms with van der Waals surface area (Å²) in [6.07, 6.45) is 0. The minimum Gasteiger partial charge on any atom is -0.241 e. The van der Waals surface area contributed by atoms with Crippen LogP contribution in [0.25, 0.3) is 10.6 Å². The van der Waals surface area contributed by atoms with Crippen LogP contribution in [0.5, 0.6) is 0 Å². The molecule has 0 amide bonds. The Morgan fingerprint density at radius 2 is 2.06 bits per heavy atom. The molecule has 1 heterocycles. The Bertz CT molecular complexity index is 502. The first-order valence-electron chi connectivity index (χ1n) is 5.30. The zero-order valence-electron chi connectivity index (χ0n) is 9.62. The highest BCUT2D eigenvalue weighted by molar-refractivity contribution is 7.13. The molecule has 0 spiro atoms.